The summed E-state index contributed by atoms with van der Waals surface area (Å²) in [6.07, 6.45) is 2.79. The van der Waals surface area contributed by atoms with Crippen molar-refractivity contribution in [2.45, 2.75) is 18.2 Å². The molecule has 0 bridgehead atoms. The fraction of sp³-hybridized carbons (Fsp3) is 0.273. The Bertz CT molecular complexity index is 466. The van der Waals surface area contributed by atoms with Gasteiger partial charge in [0.1, 0.15) is 5.82 Å². The highest BCUT2D eigenvalue weighted by Gasteiger charge is 2.10. The predicted octanol–water partition coefficient (Wildman–Crippen LogP) is 3.25. The molecule has 0 radical (unpaired) electrons. The van der Waals surface area contributed by atoms with Crippen molar-refractivity contribution >= 4 is 15.9 Å². The number of aromatic nitrogens is 3. The van der Waals surface area contributed by atoms with Crippen LogP contribution < -0.4 is 0 Å². The Morgan fingerprint density at radius 3 is 2.69 bits per heavy atom. The van der Waals surface area contributed by atoms with Crippen molar-refractivity contribution in [2.75, 3.05) is 0 Å². The van der Waals surface area contributed by atoms with E-state index in [4.69, 9.17) is 0 Å². The summed E-state index contributed by atoms with van der Waals surface area (Å²) in [5.41, 5.74) is 1.68. The molecule has 1 heterocycles. The lowest BCUT2D eigenvalue weighted by molar-refractivity contribution is 0.626. The zero-order valence-electron chi connectivity index (χ0n) is 8.77. The maximum atomic E-state index is 12.7. The lowest BCUT2D eigenvalue weighted by atomic mass is 10.3. The number of nitrogens with zero attached hydrogens (tertiary/aromatic N) is 3. The molecule has 0 amide bonds. The van der Waals surface area contributed by atoms with Gasteiger partial charge >= 0.3 is 0 Å². The van der Waals surface area contributed by atoms with Crippen LogP contribution in [0, 0.1) is 5.82 Å². The molecule has 0 saturated heterocycles. The SMILES string of the molecule is CCC(Br)c1cn(-c2ccc(F)cc2)nn1. The lowest BCUT2D eigenvalue weighted by Gasteiger charge is -2.00. The molecule has 1 unspecified atom stereocenters. The van der Waals surface area contributed by atoms with E-state index >= 15 is 0 Å². The van der Waals surface area contributed by atoms with Crippen molar-refractivity contribution in [1.29, 1.82) is 0 Å². The summed E-state index contributed by atoms with van der Waals surface area (Å²) in [6, 6.07) is 6.15. The van der Waals surface area contributed by atoms with Gasteiger partial charge in [0.25, 0.3) is 0 Å². The second-order valence-corrected chi connectivity index (χ2v) is 4.55. The number of halogens is 2. The number of rotatable bonds is 3. The first-order valence-electron chi connectivity index (χ1n) is 5.03. The van der Waals surface area contributed by atoms with Gasteiger partial charge in [0.05, 0.1) is 22.4 Å². The van der Waals surface area contributed by atoms with E-state index in [-0.39, 0.29) is 10.6 Å². The molecule has 0 aliphatic rings. The first-order valence-corrected chi connectivity index (χ1v) is 5.94. The topological polar surface area (TPSA) is 30.7 Å². The largest absolute Gasteiger partial charge is 0.220 e. The minimum Gasteiger partial charge on any atom is -0.220 e. The maximum Gasteiger partial charge on any atom is 0.123 e. The summed E-state index contributed by atoms with van der Waals surface area (Å²) in [4.78, 5) is 0.210. The van der Waals surface area contributed by atoms with Crippen LogP contribution in [-0.2, 0) is 0 Å². The molecule has 0 spiro atoms. The molecule has 3 nitrogen and oxygen atoms in total. The van der Waals surface area contributed by atoms with E-state index in [1.54, 1.807) is 16.8 Å². The molecule has 2 aromatic rings. The van der Waals surface area contributed by atoms with Crippen molar-refractivity contribution in [2.24, 2.45) is 0 Å². The van der Waals surface area contributed by atoms with Crippen LogP contribution in [0.5, 0.6) is 0 Å². The van der Waals surface area contributed by atoms with E-state index in [1.165, 1.54) is 12.1 Å². The van der Waals surface area contributed by atoms with Crippen LogP contribution in [0.15, 0.2) is 30.5 Å². The number of benzene rings is 1. The van der Waals surface area contributed by atoms with Crippen molar-refractivity contribution in [1.82, 2.24) is 15.0 Å². The molecule has 5 heteroatoms. The van der Waals surface area contributed by atoms with Gasteiger partial charge in [0, 0.05) is 0 Å². The predicted molar refractivity (Wildman–Crippen MR) is 63.3 cm³/mol. The first kappa shape index (κ1) is 11.3. The van der Waals surface area contributed by atoms with Crippen LogP contribution in [0.25, 0.3) is 5.69 Å². The number of hydrogen-bond acceptors (Lipinski definition) is 2. The molecule has 0 aliphatic carbocycles. The van der Waals surface area contributed by atoms with E-state index in [2.05, 4.69) is 33.2 Å². The smallest absolute Gasteiger partial charge is 0.123 e. The molecule has 0 aliphatic heterocycles. The lowest BCUT2D eigenvalue weighted by Crippen LogP contribution is -1.94. The van der Waals surface area contributed by atoms with Gasteiger partial charge in [-0.15, -0.1) is 5.10 Å². The zero-order valence-corrected chi connectivity index (χ0v) is 10.4. The molecule has 2 rings (SSSR count). The summed E-state index contributed by atoms with van der Waals surface area (Å²) in [7, 11) is 0. The van der Waals surface area contributed by atoms with Gasteiger partial charge in [-0.3, -0.25) is 0 Å². The Labute approximate surface area is 101 Å². The molecule has 0 N–H and O–H groups in total. The second kappa shape index (κ2) is 4.74. The fourth-order valence-corrected chi connectivity index (χ4v) is 1.56. The molecule has 1 aromatic carbocycles. The summed E-state index contributed by atoms with van der Waals surface area (Å²) < 4.78 is 14.4. The van der Waals surface area contributed by atoms with Crippen molar-refractivity contribution in [3.8, 4) is 5.69 Å². The van der Waals surface area contributed by atoms with E-state index in [1.807, 2.05) is 6.20 Å². The standard InChI is InChI=1S/C11H11BrFN3/c1-2-10(12)11-7-16(15-14-11)9-5-3-8(13)4-6-9/h3-7,10H,2H2,1H3. The van der Waals surface area contributed by atoms with Crippen LogP contribution in [-0.4, -0.2) is 15.0 Å². The Hall–Kier alpha value is -1.23. The summed E-state index contributed by atoms with van der Waals surface area (Å²) in [5, 5.41) is 8.06. The van der Waals surface area contributed by atoms with Gasteiger partial charge in [0.15, 0.2) is 0 Å². The van der Waals surface area contributed by atoms with E-state index in [0.717, 1.165) is 17.8 Å². The van der Waals surface area contributed by atoms with Crippen LogP contribution in [0.3, 0.4) is 0 Å². The normalized spacial score (nSPS) is 12.7. The average Bonchev–Trinajstić information content (AvgIpc) is 2.78. The van der Waals surface area contributed by atoms with E-state index in [0.29, 0.717) is 0 Å². The van der Waals surface area contributed by atoms with Gasteiger partial charge in [-0.05, 0) is 30.7 Å². The van der Waals surface area contributed by atoms with Crippen LogP contribution in [0.4, 0.5) is 4.39 Å². The highest BCUT2D eigenvalue weighted by atomic mass is 79.9. The third kappa shape index (κ3) is 2.29. The summed E-state index contributed by atoms with van der Waals surface area (Å²) >= 11 is 3.51. The first-order chi connectivity index (χ1) is 7.70. The minimum absolute atomic E-state index is 0.210. The Balaban J connectivity index is 2.28. The van der Waals surface area contributed by atoms with Gasteiger partial charge < -0.3 is 0 Å². The third-order valence-corrected chi connectivity index (χ3v) is 3.40. The Kier molecular flexibility index (Phi) is 3.33. The number of hydrogen-bond donors (Lipinski definition) is 0. The monoisotopic (exact) mass is 283 g/mol. The van der Waals surface area contributed by atoms with Crippen molar-refractivity contribution < 1.29 is 4.39 Å². The highest BCUT2D eigenvalue weighted by Crippen LogP contribution is 2.24. The second-order valence-electron chi connectivity index (χ2n) is 3.44. The van der Waals surface area contributed by atoms with Crippen molar-refractivity contribution in [3.05, 3.63) is 42.0 Å². The summed E-state index contributed by atoms with van der Waals surface area (Å²) in [6.45, 7) is 2.07. The maximum absolute atomic E-state index is 12.7. The molecule has 1 aromatic heterocycles. The minimum atomic E-state index is -0.254. The van der Waals surface area contributed by atoms with Gasteiger partial charge in [-0.25, -0.2) is 9.07 Å². The Morgan fingerprint density at radius 1 is 1.38 bits per heavy atom. The van der Waals surface area contributed by atoms with Crippen LogP contribution >= 0.6 is 15.9 Å². The molecule has 84 valence electrons. The summed E-state index contributed by atoms with van der Waals surface area (Å²) in [5.74, 6) is -0.254. The molecule has 16 heavy (non-hydrogen) atoms. The Morgan fingerprint density at radius 2 is 2.06 bits per heavy atom. The number of alkyl halides is 1. The molecule has 1 atom stereocenters. The highest BCUT2D eigenvalue weighted by molar-refractivity contribution is 9.09. The molecule has 0 saturated carbocycles. The molecular formula is C11H11BrFN3. The van der Waals surface area contributed by atoms with Crippen LogP contribution in [0.1, 0.15) is 23.9 Å². The average molecular weight is 284 g/mol. The zero-order chi connectivity index (χ0) is 11.5. The fourth-order valence-electron chi connectivity index (χ4n) is 1.35. The van der Waals surface area contributed by atoms with Crippen LogP contribution in [0.2, 0.25) is 0 Å². The van der Waals surface area contributed by atoms with Gasteiger partial charge in [-0.1, -0.05) is 28.1 Å². The molecule has 0 fully saturated rings. The quantitative estimate of drug-likeness (QED) is 0.810. The molecular weight excluding hydrogens is 273 g/mol. The third-order valence-electron chi connectivity index (χ3n) is 2.28. The van der Waals surface area contributed by atoms with Gasteiger partial charge in [-0.2, -0.15) is 0 Å². The van der Waals surface area contributed by atoms with Gasteiger partial charge in [0.2, 0.25) is 0 Å². The van der Waals surface area contributed by atoms with E-state index < -0.39 is 0 Å². The van der Waals surface area contributed by atoms with E-state index in [9.17, 15) is 4.39 Å². The van der Waals surface area contributed by atoms with Crippen molar-refractivity contribution in [3.63, 3.8) is 0 Å².